The highest BCUT2D eigenvalue weighted by molar-refractivity contribution is 7.89. The number of fused-ring (bicyclic) bond motifs is 1. The second-order valence-corrected chi connectivity index (χ2v) is 12.7. The van der Waals surface area contributed by atoms with E-state index in [9.17, 15) is 27.7 Å². The number of nitro benzene ring substituents is 1. The first-order valence-electron chi connectivity index (χ1n) is 12.9. The monoisotopic (exact) mass is 595 g/mol. The number of non-ortho nitro benzene ring substituents is 1. The van der Waals surface area contributed by atoms with Gasteiger partial charge in [0.15, 0.2) is 0 Å². The number of nitro groups is 1. The molecule has 0 radical (unpaired) electrons. The van der Waals surface area contributed by atoms with Crippen LogP contribution in [0.3, 0.4) is 0 Å². The van der Waals surface area contributed by atoms with Crippen molar-refractivity contribution in [3.05, 3.63) is 93.8 Å². The highest BCUT2D eigenvalue weighted by Gasteiger charge is 2.29. The number of aromatic nitrogens is 1. The number of hydrazone groups is 1. The summed E-state index contributed by atoms with van der Waals surface area (Å²) in [6.07, 6.45) is 6.08. The summed E-state index contributed by atoms with van der Waals surface area (Å²) in [4.78, 5) is 28.6. The number of nitrogens with zero attached hydrogens (tertiary/aromatic N) is 5. The summed E-state index contributed by atoms with van der Waals surface area (Å²) < 4.78 is 42.2. The minimum Gasteiger partial charge on any atom is -0.267 e. The van der Waals surface area contributed by atoms with Gasteiger partial charge in [0.1, 0.15) is 5.82 Å². The molecule has 0 spiro atoms. The molecule has 5 rings (SSSR count). The number of carbonyl (C=O) groups excluding carboxylic acids is 1. The Labute approximate surface area is 239 Å². The average Bonchev–Trinajstić information content (AvgIpc) is 3.40. The number of carbonyl (C=O) groups is 1. The Morgan fingerprint density at radius 1 is 1.07 bits per heavy atom. The topological polar surface area (TPSA) is 126 Å². The van der Waals surface area contributed by atoms with E-state index in [1.807, 2.05) is 0 Å². The molecule has 13 heteroatoms. The van der Waals surface area contributed by atoms with E-state index < -0.39 is 26.7 Å². The van der Waals surface area contributed by atoms with Crippen LogP contribution in [-0.4, -0.2) is 47.8 Å². The molecular weight excluding hydrogens is 569 g/mol. The molecule has 1 amide bonds. The van der Waals surface area contributed by atoms with E-state index in [1.165, 1.54) is 77.2 Å². The molecule has 1 aromatic heterocycles. The second kappa shape index (κ2) is 11.8. The third-order valence-corrected chi connectivity index (χ3v) is 9.92. The van der Waals surface area contributed by atoms with Crippen LogP contribution >= 0.6 is 11.3 Å². The molecule has 1 heterocycles. The molecule has 212 valence electrons. The molecule has 0 saturated heterocycles. The highest BCUT2D eigenvalue weighted by atomic mass is 32.2. The Morgan fingerprint density at radius 2 is 1.76 bits per heavy atom. The predicted molar refractivity (Wildman–Crippen MR) is 155 cm³/mol. The number of sulfonamides is 1. The van der Waals surface area contributed by atoms with Crippen molar-refractivity contribution in [2.75, 3.05) is 12.1 Å². The summed E-state index contributed by atoms with van der Waals surface area (Å²) in [6, 6.07) is 15.3. The number of hydrogen-bond acceptors (Lipinski definition) is 8. The maximum Gasteiger partial charge on any atom is 0.280 e. The van der Waals surface area contributed by atoms with Gasteiger partial charge in [-0.1, -0.05) is 30.6 Å². The molecule has 1 fully saturated rings. The first-order chi connectivity index (χ1) is 19.6. The van der Waals surface area contributed by atoms with Crippen LogP contribution in [0.25, 0.3) is 10.2 Å². The first kappa shape index (κ1) is 28.5. The van der Waals surface area contributed by atoms with E-state index in [0.717, 1.165) is 48.4 Å². The van der Waals surface area contributed by atoms with Gasteiger partial charge < -0.3 is 0 Å². The lowest BCUT2D eigenvalue weighted by Crippen LogP contribution is -2.38. The van der Waals surface area contributed by atoms with Gasteiger partial charge >= 0.3 is 0 Å². The average molecular weight is 596 g/mol. The van der Waals surface area contributed by atoms with Crippen molar-refractivity contribution in [3.8, 4) is 0 Å². The lowest BCUT2D eigenvalue weighted by molar-refractivity contribution is -0.384. The number of thiazole rings is 1. The number of halogens is 1. The van der Waals surface area contributed by atoms with Crippen LogP contribution in [-0.2, 0) is 10.0 Å². The zero-order valence-electron chi connectivity index (χ0n) is 22.0. The van der Waals surface area contributed by atoms with Gasteiger partial charge in [0.05, 0.1) is 26.3 Å². The fourth-order valence-electron chi connectivity index (χ4n) is 4.67. The fraction of sp³-hybridized carbons (Fsp3) is 0.250. The Hall–Kier alpha value is -4.07. The third-order valence-electron chi connectivity index (χ3n) is 7.01. The summed E-state index contributed by atoms with van der Waals surface area (Å²) in [5.74, 6) is -1.04. The van der Waals surface area contributed by atoms with Gasteiger partial charge in [-0.05, 0) is 73.0 Å². The molecule has 1 saturated carbocycles. The minimum atomic E-state index is -3.75. The molecule has 1 aliphatic rings. The largest absolute Gasteiger partial charge is 0.280 e. The van der Waals surface area contributed by atoms with Gasteiger partial charge in [-0.15, -0.1) is 0 Å². The molecule has 0 aliphatic heterocycles. The SMILES string of the molecule is CN(C1CCCCC1)S(=O)(=O)c1ccc(C(=O)N(/N=C/c2ccc([N+](=O)[O-])cc2)c2nc3ccc(F)cc3s2)cc1. The number of rotatable bonds is 8. The summed E-state index contributed by atoms with van der Waals surface area (Å²) in [6.45, 7) is 0. The second-order valence-electron chi connectivity index (χ2n) is 9.66. The van der Waals surface area contributed by atoms with Crippen LogP contribution < -0.4 is 5.01 Å². The summed E-state index contributed by atoms with van der Waals surface area (Å²) in [5.41, 5.74) is 1.04. The number of hydrogen-bond donors (Lipinski definition) is 0. The molecule has 41 heavy (non-hydrogen) atoms. The van der Waals surface area contributed by atoms with E-state index in [1.54, 1.807) is 7.05 Å². The Kier molecular flexibility index (Phi) is 8.20. The van der Waals surface area contributed by atoms with Crippen molar-refractivity contribution in [2.45, 2.75) is 43.0 Å². The van der Waals surface area contributed by atoms with Crippen molar-refractivity contribution in [2.24, 2.45) is 5.10 Å². The first-order valence-corrected chi connectivity index (χ1v) is 15.2. The third kappa shape index (κ3) is 6.16. The molecular formula is C28H26FN5O5S2. The molecule has 1 aliphatic carbocycles. The molecule has 10 nitrogen and oxygen atoms in total. The smallest absolute Gasteiger partial charge is 0.267 e. The van der Waals surface area contributed by atoms with Gasteiger partial charge in [0.2, 0.25) is 15.2 Å². The summed E-state index contributed by atoms with van der Waals surface area (Å²) in [7, 11) is -2.15. The molecule has 0 unspecified atom stereocenters. The number of benzene rings is 3. The number of anilines is 1. The molecule has 4 aromatic rings. The van der Waals surface area contributed by atoms with Crippen LogP contribution in [0.2, 0.25) is 0 Å². The summed E-state index contributed by atoms with van der Waals surface area (Å²) >= 11 is 1.06. The van der Waals surface area contributed by atoms with Crippen LogP contribution in [0.1, 0.15) is 48.0 Å². The predicted octanol–water partition coefficient (Wildman–Crippen LogP) is 5.98. The van der Waals surface area contributed by atoms with E-state index in [0.29, 0.717) is 15.8 Å². The normalized spacial score (nSPS) is 14.6. The lowest BCUT2D eigenvalue weighted by atomic mass is 9.96. The van der Waals surface area contributed by atoms with E-state index >= 15 is 0 Å². The van der Waals surface area contributed by atoms with Crippen molar-refractivity contribution in [3.63, 3.8) is 0 Å². The Balaban J connectivity index is 1.45. The van der Waals surface area contributed by atoms with Crippen molar-refractivity contribution >= 4 is 54.5 Å². The van der Waals surface area contributed by atoms with Crippen molar-refractivity contribution in [1.82, 2.24) is 9.29 Å². The summed E-state index contributed by atoms with van der Waals surface area (Å²) in [5, 5.41) is 16.5. The maximum atomic E-state index is 13.8. The molecule has 0 N–H and O–H groups in total. The molecule has 0 atom stereocenters. The van der Waals surface area contributed by atoms with Crippen molar-refractivity contribution in [1.29, 1.82) is 0 Å². The molecule has 0 bridgehead atoms. The Morgan fingerprint density at radius 3 is 2.41 bits per heavy atom. The fourth-order valence-corrected chi connectivity index (χ4v) is 7.03. The Bertz CT molecular complexity index is 1720. The zero-order chi connectivity index (χ0) is 29.1. The van der Waals surface area contributed by atoms with Crippen LogP contribution in [0.4, 0.5) is 15.2 Å². The van der Waals surface area contributed by atoms with Gasteiger partial charge in [-0.25, -0.2) is 17.8 Å². The van der Waals surface area contributed by atoms with Gasteiger partial charge in [0.25, 0.3) is 11.6 Å². The van der Waals surface area contributed by atoms with Crippen LogP contribution in [0.15, 0.2) is 76.7 Å². The van der Waals surface area contributed by atoms with Gasteiger partial charge in [0, 0.05) is 30.8 Å². The molecule has 3 aromatic carbocycles. The van der Waals surface area contributed by atoms with E-state index in [4.69, 9.17) is 0 Å². The van der Waals surface area contributed by atoms with Crippen LogP contribution in [0.5, 0.6) is 0 Å². The van der Waals surface area contributed by atoms with Crippen LogP contribution in [0, 0.1) is 15.9 Å². The van der Waals surface area contributed by atoms with E-state index in [2.05, 4.69) is 10.1 Å². The lowest BCUT2D eigenvalue weighted by Gasteiger charge is -2.30. The maximum absolute atomic E-state index is 13.8. The van der Waals surface area contributed by atoms with Gasteiger partial charge in [-0.2, -0.15) is 14.4 Å². The number of amides is 1. The quantitative estimate of drug-likeness (QED) is 0.140. The zero-order valence-corrected chi connectivity index (χ0v) is 23.6. The highest BCUT2D eigenvalue weighted by Crippen LogP contribution is 2.31. The minimum absolute atomic E-state index is 0.0526. The van der Waals surface area contributed by atoms with E-state index in [-0.39, 0.29) is 27.3 Å². The standard InChI is InChI=1S/C28H26FN5O5S2/c1-32(22-5-3-2-4-6-22)41(38,39)24-14-9-20(10-15-24)27(35)33(28-31-25-16-11-21(29)17-26(25)40-28)30-18-19-7-12-23(13-8-19)34(36)37/h7-18,22H,2-6H2,1H3/b30-18+. The van der Waals surface area contributed by atoms with Gasteiger partial charge in [-0.3, -0.25) is 14.9 Å². The van der Waals surface area contributed by atoms with Crippen molar-refractivity contribution < 1.29 is 22.5 Å².